The van der Waals surface area contributed by atoms with E-state index in [-0.39, 0.29) is 17.3 Å². The molecule has 0 aliphatic carbocycles. The Labute approximate surface area is 298 Å². The Morgan fingerprint density at radius 2 is 0.745 bits per heavy atom. The van der Waals surface area contributed by atoms with Gasteiger partial charge in [-0.1, -0.05) is 164 Å². The molecule has 0 fully saturated rings. The molecule has 7 aromatic carbocycles. The van der Waals surface area contributed by atoms with Crippen LogP contribution in [0.25, 0.3) is 56.7 Å². The predicted octanol–water partition coefficient (Wildman–Crippen LogP) is 12.1. The number of aryl methyl sites for hydroxylation is 1. The van der Waals surface area contributed by atoms with Crippen LogP contribution in [0.4, 0.5) is 0 Å². The van der Waals surface area contributed by atoms with Crippen LogP contribution in [0, 0.1) is 6.92 Å². The fourth-order valence-electron chi connectivity index (χ4n) is 6.60. The van der Waals surface area contributed by atoms with Gasteiger partial charge in [0, 0.05) is 0 Å². The van der Waals surface area contributed by atoms with Crippen LogP contribution < -0.4 is 9.47 Å². The van der Waals surface area contributed by atoms with Crippen molar-refractivity contribution >= 4 is 17.9 Å². The predicted molar refractivity (Wildman–Crippen MR) is 208 cm³/mol. The first-order valence-electron chi connectivity index (χ1n) is 17.0. The van der Waals surface area contributed by atoms with E-state index in [4.69, 9.17) is 9.47 Å². The van der Waals surface area contributed by atoms with Gasteiger partial charge in [0.1, 0.15) is 0 Å². The molecular formula is C48H34O3. The van der Waals surface area contributed by atoms with Crippen molar-refractivity contribution in [3.63, 3.8) is 0 Å². The summed E-state index contributed by atoms with van der Waals surface area (Å²) in [7, 11) is 0. The van der Waals surface area contributed by atoms with Crippen molar-refractivity contribution < 1.29 is 14.3 Å². The summed E-state index contributed by atoms with van der Waals surface area (Å²) in [5.74, 6) is 0.942. The lowest BCUT2D eigenvalue weighted by atomic mass is 9.90. The van der Waals surface area contributed by atoms with Crippen LogP contribution in [-0.4, -0.2) is 5.78 Å². The summed E-state index contributed by atoms with van der Waals surface area (Å²) < 4.78 is 13.1. The zero-order valence-electron chi connectivity index (χ0n) is 28.1. The third-order valence-corrected chi connectivity index (χ3v) is 9.09. The van der Waals surface area contributed by atoms with Crippen LogP contribution in [-0.2, 0) is 4.79 Å². The summed E-state index contributed by atoms with van der Waals surface area (Å²) in [6.45, 7) is 2.00. The van der Waals surface area contributed by atoms with E-state index >= 15 is 0 Å². The maximum atomic E-state index is 14.9. The maximum Gasteiger partial charge on any atom is 0.263 e. The molecule has 0 aromatic heterocycles. The molecule has 7 aromatic rings. The van der Waals surface area contributed by atoms with E-state index in [2.05, 4.69) is 84.9 Å². The molecule has 244 valence electrons. The lowest BCUT2D eigenvalue weighted by Crippen LogP contribution is -2.12. The molecule has 3 nitrogen and oxygen atoms in total. The van der Waals surface area contributed by atoms with Crippen LogP contribution in [0.3, 0.4) is 0 Å². The van der Waals surface area contributed by atoms with Gasteiger partial charge in [-0.15, -0.1) is 0 Å². The Kier molecular flexibility index (Phi) is 8.68. The first-order chi connectivity index (χ1) is 25.1. The fourth-order valence-corrected chi connectivity index (χ4v) is 6.60. The van der Waals surface area contributed by atoms with E-state index in [9.17, 15) is 4.79 Å². The van der Waals surface area contributed by atoms with Crippen molar-refractivity contribution in [1.29, 1.82) is 0 Å². The summed E-state index contributed by atoms with van der Waals surface area (Å²) in [4.78, 5) is 14.9. The Balaban J connectivity index is 1.37. The molecule has 0 amide bonds. The molecule has 0 N–H and O–H groups in total. The van der Waals surface area contributed by atoms with Gasteiger partial charge in [0.2, 0.25) is 0 Å². The first-order valence-corrected chi connectivity index (χ1v) is 17.0. The molecule has 0 spiro atoms. The quantitative estimate of drug-likeness (QED) is 0.167. The second-order valence-corrected chi connectivity index (χ2v) is 12.5. The summed E-state index contributed by atoms with van der Waals surface area (Å²) in [5, 5.41) is 0. The molecule has 3 heteroatoms. The largest absolute Gasteiger partial charge is 0.449 e. The van der Waals surface area contributed by atoms with Crippen molar-refractivity contribution in [1.82, 2.24) is 0 Å². The minimum Gasteiger partial charge on any atom is -0.449 e. The minimum absolute atomic E-state index is 0.169. The van der Waals surface area contributed by atoms with E-state index in [1.54, 1.807) is 0 Å². The van der Waals surface area contributed by atoms with E-state index in [0.717, 1.165) is 61.2 Å². The third kappa shape index (κ3) is 6.53. The zero-order chi connectivity index (χ0) is 34.6. The van der Waals surface area contributed by atoms with Gasteiger partial charge in [-0.3, -0.25) is 4.79 Å². The Morgan fingerprint density at radius 1 is 0.392 bits per heavy atom. The molecule has 8 rings (SSSR count). The number of ketones is 1. The molecule has 1 heterocycles. The lowest BCUT2D eigenvalue weighted by Gasteiger charge is -2.15. The number of carbonyl (C=O) groups is 1. The molecule has 0 saturated carbocycles. The van der Waals surface area contributed by atoms with E-state index < -0.39 is 0 Å². The molecule has 1 aliphatic rings. The van der Waals surface area contributed by atoms with Crippen LogP contribution >= 0.6 is 0 Å². The number of hydrogen-bond acceptors (Lipinski definition) is 3. The number of ether oxygens (including phenoxy) is 2. The minimum atomic E-state index is -0.354. The molecule has 0 bridgehead atoms. The highest BCUT2D eigenvalue weighted by molar-refractivity contribution is 6.13. The third-order valence-electron chi connectivity index (χ3n) is 9.09. The number of fused-ring (bicyclic) bond motifs is 1. The van der Waals surface area contributed by atoms with Crippen LogP contribution in [0.1, 0.15) is 16.7 Å². The van der Waals surface area contributed by atoms with Crippen molar-refractivity contribution in [2.24, 2.45) is 0 Å². The highest BCUT2D eigenvalue weighted by atomic mass is 16.5. The summed E-state index contributed by atoms with van der Waals surface area (Å²) in [5.41, 5.74) is 10.8. The monoisotopic (exact) mass is 658 g/mol. The molecule has 0 saturated heterocycles. The number of Topliss-reactive ketones (excluding diaryl/α,β-unsaturated/α-hetero) is 1. The van der Waals surface area contributed by atoms with E-state index in [1.807, 2.05) is 110 Å². The second kappa shape index (κ2) is 14.0. The highest BCUT2D eigenvalue weighted by Gasteiger charge is 2.28. The molecular weight excluding hydrogens is 625 g/mol. The molecule has 1 aliphatic heterocycles. The van der Waals surface area contributed by atoms with Crippen LogP contribution in [0.5, 0.6) is 11.5 Å². The second-order valence-electron chi connectivity index (χ2n) is 12.5. The summed E-state index contributed by atoms with van der Waals surface area (Å²) in [6.07, 6.45) is 3.75. The number of carbonyl (C=O) groups excluding carboxylic acids is 1. The molecule has 0 radical (unpaired) electrons. The van der Waals surface area contributed by atoms with Gasteiger partial charge in [0.25, 0.3) is 5.78 Å². The van der Waals surface area contributed by atoms with Crippen molar-refractivity contribution in [2.75, 3.05) is 0 Å². The van der Waals surface area contributed by atoms with Gasteiger partial charge >= 0.3 is 0 Å². The first kappa shape index (κ1) is 31.6. The standard InChI is InChI=1S/C48H34O3/c1-33-28-29-44-45(30-33)51-47(32-43-40(36-20-10-4-11-21-36)26-15-27-41(43)37-22-12-5-13-23-37)48(49)46(50-44)31-42-38(34-16-6-2-7-17-34)24-14-25-39(42)35-18-8-3-9-19-35/h2-32H,1H3/b46-31-,47-32-. The number of rotatable bonds is 6. The smallest absolute Gasteiger partial charge is 0.263 e. The van der Waals surface area contributed by atoms with Crippen molar-refractivity contribution in [2.45, 2.75) is 6.92 Å². The van der Waals surface area contributed by atoms with Crippen LogP contribution in [0.15, 0.2) is 187 Å². The fraction of sp³-hybridized carbons (Fsp3) is 0.0208. The maximum absolute atomic E-state index is 14.9. The lowest BCUT2D eigenvalue weighted by molar-refractivity contribution is -0.115. The van der Waals surface area contributed by atoms with Gasteiger partial charge in [-0.05, 0) is 92.4 Å². The highest BCUT2D eigenvalue weighted by Crippen LogP contribution is 2.41. The zero-order valence-corrected chi connectivity index (χ0v) is 28.1. The van der Waals surface area contributed by atoms with Gasteiger partial charge in [0.05, 0.1) is 0 Å². The Morgan fingerprint density at radius 3 is 1.12 bits per heavy atom. The van der Waals surface area contributed by atoms with Gasteiger partial charge in [-0.25, -0.2) is 0 Å². The van der Waals surface area contributed by atoms with E-state index in [1.165, 1.54) is 0 Å². The van der Waals surface area contributed by atoms with Crippen LogP contribution in [0.2, 0.25) is 0 Å². The summed E-state index contributed by atoms with van der Waals surface area (Å²) in [6, 6.07) is 59.1. The topological polar surface area (TPSA) is 35.5 Å². The van der Waals surface area contributed by atoms with Gasteiger partial charge in [-0.2, -0.15) is 0 Å². The van der Waals surface area contributed by atoms with Crippen molar-refractivity contribution in [3.05, 3.63) is 204 Å². The van der Waals surface area contributed by atoms with Crippen molar-refractivity contribution in [3.8, 4) is 56.0 Å². The Bertz CT molecular complexity index is 2290. The van der Waals surface area contributed by atoms with E-state index in [0.29, 0.717) is 11.5 Å². The van der Waals surface area contributed by atoms with Gasteiger partial charge in [0.15, 0.2) is 23.0 Å². The molecule has 0 atom stereocenters. The van der Waals surface area contributed by atoms with Gasteiger partial charge < -0.3 is 9.47 Å². The molecule has 51 heavy (non-hydrogen) atoms. The molecule has 0 unspecified atom stereocenters. The normalized spacial score (nSPS) is 14.0. The number of benzene rings is 7. The average Bonchev–Trinajstić information content (AvgIpc) is 3.31. The average molecular weight is 659 g/mol. The Hall–Kier alpha value is -6.71. The summed E-state index contributed by atoms with van der Waals surface area (Å²) >= 11 is 0. The number of hydrogen-bond donors (Lipinski definition) is 0. The SMILES string of the molecule is Cc1ccc2c(c1)O/C(=C\c1c(-c3ccccc3)cccc1-c1ccccc1)C(=O)/C(=C/c1c(-c3ccccc3)cccc1-c1ccccc1)O2.